The van der Waals surface area contributed by atoms with Gasteiger partial charge in [0.1, 0.15) is 22.3 Å². The molecular formula is C27H31N4O7P. The van der Waals surface area contributed by atoms with E-state index in [0.717, 1.165) is 36.3 Å². The summed E-state index contributed by atoms with van der Waals surface area (Å²) >= 11 is 0. The summed E-state index contributed by atoms with van der Waals surface area (Å²) in [4.78, 5) is 15.0. The van der Waals surface area contributed by atoms with E-state index >= 15 is 0 Å². The summed E-state index contributed by atoms with van der Waals surface area (Å²) in [7, 11) is -1.29. The van der Waals surface area contributed by atoms with Crippen LogP contribution in [0.3, 0.4) is 0 Å². The van der Waals surface area contributed by atoms with Gasteiger partial charge in [-0.1, -0.05) is 30.3 Å². The number of nitro groups is 1. The number of nitrogens with zero attached hydrogens (tertiary/aromatic N) is 4. The average molecular weight is 555 g/mol. The predicted octanol–water partition coefficient (Wildman–Crippen LogP) is 5.44. The first-order valence-corrected chi connectivity index (χ1v) is 14.2. The number of hydrogen-bond acceptors (Lipinski definition) is 8. The fourth-order valence-electron chi connectivity index (χ4n) is 5.24. The Morgan fingerprint density at radius 1 is 1.08 bits per heavy atom. The molecule has 1 atom stereocenters. The first-order chi connectivity index (χ1) is 18.8. The quantitative estimate of drug-likeness (QED) is 0.209. The first-order valence-electron chi connectivity index (χ1n) is 12.7. The van der Waals surface area contributed by atoms with Crippen LogP contribution >= 0.6 is 7.75 Å². The van der Waals surface area contributed by atoms with Crippen LogP contribution in [0.1, 0.15) is 46.9 Å². The second kappa shape index (κ2) is 11.3. The Balaban J connectivity index is 1.60. The highest BCUT2D eigenvalue weighted by molar-refractivity contribution is 7.52. The van der Waals surface area contributed by atoms with Crippen molar-refractivity contribution in [2.24, 2.45) is 4.76 Å². The molecule has 2 aliphatic heterocycles. The number of aromatic hydroxyl groups is 1. The molecule has 0 bridgehead atoms. The van der Waals surface area contributed by atoms with Crippen molar-refractivity contribution in [3.63, 3.8) is 0 Å². The Morgan fingerprint density at radius 2 is 1.79 bits per heavy atom. The summed E-state index contributed by atoms with van der Waals surface area (Å²) in [5.74, 6) is 0.474. The lowest BCUT2D eigenvalue weighted by atomic mass is 9.87. The molecule has 12 heteroatoms. The number of benzene rings is 2. The lowest BCUT2D eigenvalue weighted by molar-refractivity contribution is -0.402. The molecule has 1 N–H and O–H groups in total. The molecule has 39 heavy (non-hydrogen) atoms. The Labute approximate surface area is 226 Å². The number of rotatable bonds is 9. The van der Waals surface area contributed by atoms with Crippen LogP contribution in [0, 0.1) is 10.1 Å². The van der Waals surface area contributed by atoms with E-state index in [4.69, 9.17) is 13.5 Å². The molecule has 0 radical (unpaired) electrons. The van der Waals surface area contributed by atoms with Crippen LogP contribution in [0.5, 0.6) is 5.75 Å². The van der Waals surface area contributed by atoms with E-state index in [1.54, 1.807) is 12.1 Å². The van der Waals surface area contributed by atoms with E-state index in [1.807, 2.05) is 23.1 Å². The average Bonchev–Trinajstić information content (AvgIpc) is 3.62. The molecule has 1 unspecified atom stereocenters. The molecule has 206 valence electrons. The Kier molecular flexibility index (Phi) is 7.86. The number of likely N-dealkylation sites (tertiary alicyclic amines) is 1. The van der Waals surface area contributed by atoms with Crippen molar-refractivity contribution in [3.8, 4) is 5.75 Å². The van der Waals surface area contributed by atoms with Crippen molar-refractivity contribution in [3.05, 3.63) is 92.7 Å². The number of phenolic OH excluding ortho intramolecular Hbond substituents is 1. The van der Waals surface area contributed by atoms with Crippen molar-refractivity contribution in [1.82, 2.24) is 9.80 Å². The number of hydrogen-bond donors (Lipinski definition) is 1. The van der Waals surface area contributed by atoms with Gasteiger partial charge < -0.3 is 14.4 Å². The van der Waals surface area contributed by atoms with E-state index in [2.05, 4.69) is 21.8 Å². The van der Waals surface area contributed by atoms with Crippen LogP contribution in [0.4, 0.5) is 5.88 Å². The molecule has 0 spiro atoms. The lowest BCUT2D eigenvalue weighted by Gasteiger charge is -2.40. The summed E-state index contributed by atoms with van der Waals surface area (Å²) in [5.41, 5.74) is 3.83. The largest absolute Gasteiger partial charge is 0.508 e. The zero-order valence-electron chi connectivity index (χ0n) is 21.9. The van der Waals surface area contributed by atoms with E-state index in [1.165, 1.54) is 44.8 Å². The highest BCUT2D eigenvalue weighted by Gasteiger charge is 2.36. The molecule has 3 aromatic rings. The van der Waals surface area contributed by atoms with Crippen molar-refractivity contribution < 1.29 is 28.1 Å². The van der Waals surface area contributed by atoms with Gasteiger partial charge >= 0.3 is 13.6 Å². The van der Waals surface area contributed by atoms with Crippen LogP contribution in [-0.4, -0.2) is 53.0 Å². The minimum absolute atomic E-state index is 0.0927. The molecule has 0 amide bonds. The number of phenols is 1. The molecule has 11 nitrogen and oxygen atoms in total. The van der Waals surface area contributed by atoms with Gasteiger partial charge in [0, 0.05) is 27.2 Å². The second-order valence-electron chi connectivity index (χ2n) is 9.66. The third-order valence-corrected chi connectivity index (χ3v) is 8.57. The van der Waals surface area contributed by atoms with E-state index in [-0.39, 0.29) is 24.6 Å². The normalized spacial score (nSPS) is 19.0. The zero-order valence-corrected chi connectivity index (χ0v) is 22.8. The molecule has 0 saturated carbocycles. The maximum atomic E-state index is 13.1. The molecular weight excluding hydrogens is 523 g/mol. The van der Waals surface area contributed by atoms with Crippen LogP contribution in [0.15, 0.2) is 63.8 Å². The van der Waals surface area contributed by atoms with Crippen molar-refractivity contribution >= 4 is 19.5 Å². The van der Waals surface area contributed by atoms with Crippen molar-refractivity contribution in [2.45, 2.75) is 38.4 Å². The van der Waals surface area contributed by atoms with E-state index in [0.29, 0.717) is 11.6 Å². The smallest absolute Gasteiger partial charge is 0.454 e. The molecule has 1 fully saturated rings. The van der Waals surface area contributed by atoms with Crippen molar-refractivity contribution in [1.29, 1.82) is 0 Å². The summed E-state index contributed by atoms with van der Waals surface area (Å²) in [6.07, 6.45) is 2.71. The van der Waals surface area contributed by atoms with E-state index < -0.39 is 18.7 Å². The summed E-state index contributed by atoms with van der Waals surface area (Å²) in [6, 6.07) is 15.8. The van der Waals surface area contributed by atoms with Gasteiger partial charge in [-0.3, -0.25) is 24.1 Å². The van der Waals surface area contributed by atoms with Gasteiger partial charge in [-0.2, -0.15) is 4.76 Å². The number of fused-ring (bicyclic) bond motifs is 1. The maximum absolute atomic E-state index is 13.1. The van der Waals surface area contributed by atoms with Crippen LogP contribution in [0.25, 0.3) is 0 Å². The fraction of sp³-hybridized carbons (Fsp3) is 0.370. The zero-order chi connectivity index (χ0) is 27.6. The molecule has 5 rings (SSSR count). The third-order valence-electron chi connectivity index (χ3n) is 7.17. The third kappa shape index (κ3) is 5.91. The topological polar surface area (TPSA) is 131 Å². The molecule has 1 aromatic heterocycles. The Hall–Kier alpha value is -3.50. The SMILES string of the molecule is COP(=O)(/N=C1/Cc2ccc(O)cc2C(c2ccc(CN3CCCC3)cc2)N1Cc1ccc([N+](=O)[O-])o1)OC. The van der Waals surface area contributed by atoms with Gasteiger partial charge in [-0.25, -0.2) is 4.57 Å². The summed E-state index contributed by atoms with van der Waals surface area (Å²) in [5, 5.41) is 21.6. The Bertz CT molecular complexity index is 1410. The number of furan rings is 1. The molecule has 0 aliphatic carbocycles. The van der Waals surface area contributed by atoms with Crippen molar-refractivity contribution in [2.75, 3.05) is 27.3 Å². The van der Waals surface area contributed by atoms with E-state index in [9.17, 15) is 19.8 Å². The van der Waals surface area contributed by atoms with Gasteiger partial charge in [-0.15, -0.1) is 0 Å². The van der Waals surface area contributed by atoms with Gasteiger partial charge in [0.25, 0.3) is 0 Å². The molecule has 3 heterocycles. The molecule has 1 saturated heterocycles. The Morgan fingerprint density at radius 3 is 2.44 bits per heavy atom. The highest BCUT2D eigenvalue weighted by atomic mass is 31.2. The number of amidine groups is 1. The second-order valence-corrected chi connectivity index (χ2v) is 11.5. The summed E-state index contributed by atoms with van der Waals surface area (Å²) in [6.45, 7) is 3.16. The van der Waals surface area contributed by atoms with Crippen LogP contribution in [0.2, 0.25) is 0 Å². The van der Waals surface area contributed by atoms with Gasteiger partial charge in [0.15, 0.2) is 0 Å². The summed E-state index contributed by atoms with van der Waals surface area (Å²) < 4.78 is 33.2. The standard InChI is InChI=1S/C27H31N4O7P/c1-36-39(35,37-2)28-25-15-21-9-10-22(32)16-24(21)27(30(25)18-23-11-12-26(38-23)31(33)34)20-7-5-19(6-8-20)17-29-13-3-4-14-29/h5-12,16,27,32H,3-4,13-15,17-18H2,1-2H3/b28-25-. The van der Waals surface area contributed by atoms with Gasteiger partial charge in [0.05, 0.1) is 18.7 Å². The molecule has 2 aromatic carbocycles. The highest BCUT2D eigenvalue weighted by Crippen LogP contribution is 2.50. The monoisotopic (exact) mass is 554 g/mol. The first kappa shape index (κ1) is 27.1. The van der Waals surface area contributed by atoms with Crippen LogP contribution < -0.4 is 0 Å². The molecule has 2 aliphatic rings. The lowest BCUT2D eigenvalue weighted by Crippen LogP contribution is -2.40. The minimum atomic E-state index is -3.81. The van der Waals surface area contributed by atoms with Crippen LogP contribution in [-0.2, 0) is 33.1 Å². The maximum Gasteiger partial charge on any atom is 0.454 e. The minimum Gasteiger partial charge on any atom is -0.508 e. The predicted molar refractivity (Wildman–Crippen MR) is 145 cm³/mol. The van der Waals surface area contributed by atoms with Gasteiger partial charge in [-0.05, 0) is 66.4 Å². The fourth-order valence-corrected chi connectivity index (χ4v) is 6.02. The van der Waals surface area contributed by atoms with Gasteiger partial charge in [0.2, 0.25) is 0 Å².